The minimum atomic E-state index is -0.191. The van der Waals surface area contributed by atoms with Gasteiger partial charge in [0.2, 0.25) is 0 Å². The second-order valence-corrected chi connectivity index (χ2v) is 17.6. The van der Waals surface area contributed by atoms with Gasteiger partial charge in [-0.2, -0.15) is 0 Å². The van der Waals surface area contributed by atoms with Crippen LogP contribution in [0.3, 0.4) is 0 Å². The van der Waals surface area contributed by atoms with Crippen LogP contribution in [0.4, 0.5) is 17.1 Å². The van der Waals surface area contributed by atoms with E-state index in [4.69, 9.17) is 9.07 Å². The summed E-state index contributed by atoms with van der Waals surface area (Å²) in [6, 6.07) is 62.5. The van der Waals surface area contributed by atoms with Crippen LogP contribution in [0.15, 0.2) is 174 Å². The largest absolute Gasteiger partial charge is 0.456 e. The van der Waals surface area contributed by atoms with E-state index in [2.05, 4.69) is 196 Å². The first-order valence-corrected chi connectivity index (χ1v) is 20.8. The summed E-state index contributed by atoms with van der Waals surface area (Å²) in [5.74, 6) is 0. The zero-order valence-corrected chi connectivity index (χ0v) is 33.7. The van der Waals surface area contributed by atoms with Gasteiger partial charge >= 0.3 is 6.92 Å². The number of fused-ring (bicyclic) bond motifs is 10. The number of nitrogens with zero attached hydrogens (tertiary/aromatic N) is 1. The highest BCUT2D eigenvalue weighted by Gasteiger charge is 2.39. The lowest BCUT2D eigenvalue weighted by molar-refractivity contribution is 0.337. The van der Waals surface area contributed by atoms with Gasteiger partial charge in [-0.05, 0) is 115 Å². The summed E-state index contributed by atoms with van der Waals surface area (Å²) >= 11 is 0. The van der Waals surface area contributed by atoms with Gasteiger partial charge < -0.3 is 14.0 Å². The Morgan fingerprint density at radius 1 is 0.475 bits per heavy atom. The molecule has 4 heteroatoms. The predicted molar refractivity (Wildman–Crippen MR) is 245 cm³/mol. The molecule has 1 aliphatic heterocycles. The molecule has 0 atom stereocenters. The number of furan rings is 1. The predicted octanol–water partition coefficient (Wildman–Crippen LogP) is 13.0. The minimum absolute atomic E-state index is 0.0710. The highest BCUT2D eigenvalue weighted by Crippen LogP contribution is 2.55. The van der Waals surface area contributed by atoms with Crippen molar-refractivity contribution >= 4 is 56.8 Å². The average molecular weight is 760 g/mol. The third kappa shape index (κ3) is 5.00. The van der Waals surface area contributed by atoms with Gasteiger partial charge in [0.25, 0.3) is 0 Å². The second-order valence-electron chi connectivity index (χ2n) is 17.6. The number of hydrogen-bond donors (Lipinski definition) is 0. The van der Waals surface area contributed by atoms with Crippen LogP contribution in [0.2, 0.25) is 0 Å². The fourth-order valence-electron chi connectivity index (χ4n) is 10.6. The molecule has 12 rings (SSSR count). The third-order valence-electron chi connectivity index (χ3n) is 13.6. The Morgan fingerprint density at radius 3 is 1.90 bits per heavy atom. The van der Waals surface area contributed by atoms with Gasteiger partial charge in [0, 0.05) is 44.6 Å². The summed E-state index contributed by atoms with van der Waals surface area (Å²) in [5, 5.41) is 2.25. The first-order valence-electron chi connectivity index (χ1n) is 20.8. The van der Waals surface area contributed by atoms with Crippen molar-refractivity contribution in [2.75, 3.05) is 4.90 Å². The molecule has 0 unspecified atom stereocenters. The van der Waals surface area contributed by atoms with Gasteiger partial charge in [0.05, 0.1) is 12.3 Å². The molecule has 2 heterocycles. The molecule has 1 aromatic heterocycles. The van der Waals surface area contributed by atoms with Crippen molar-refractivity contribution in [1.29, 1.82) is 0 Å². The Hall–Kier alpha value is -6.62. The smallest absolute Gasteiger partial charge is 0.362 e. The minimum Gasteiger partial charge on any atom is -0.456 e. The number of rotatable bonds is 5. The Balaban J connectivity index is 1.12. The maximum Gasteiger partial charge on any atom is 0.362 e. The van der Waals surface area contributed by atoms with Crippen LogP contribution >= 0.6 is 0 Å². The molecule has 0 saturated carbocycles. The molecule has 0 N–H and O–H groups in total. The second kappa shape index (κ2) is 12.4. The van der Waals surface area contributed by atoms with E-state index >= 15 is 0 Å². The van der Waals surface area contributed by atoms with Crippen LogP contribution in [-0.2, 0) is 22.1 Å². The molecule has 9 aromatic rings. The molecule has 0 saturated heterocycles. The molecule has 0 spiro atoms. The van der Waals surface area contributed by atoms with E-state index in [1.165, 1.54) is 72.1 Å². The standard InChI is InChI=1S/C55H42BNO2/c1-54(2)46-19-11-8-16-39(46)41-25-23-37(29-48(41)54)57(38-24-26-43-42-18-10-13-21-52(42)59-53(43)30-38)51-32-49-45(40-17-9-12-20-47(40)55(49,3)4)31-44(51)34-22-27-50-35(28-34)33-58-56(50)36-14-6-5-7-15-36/h5-32H,33H2,1-4H3. The van der Waals surface area contributed by atoms with E-state index in [1.54, 1.807) is 0 Å². The topological polar surface area (TPSA) is 25.6 Å². The normalized spacial score (nSPS) is 15.2. The fourth-order valence-corrected chi connectivity index (χ4v) is 10.6. The summed E-state index contributed by atoms with van der Waals surface area (Å²) < 4.78 is 13.1. The Labute approximate surface area is 345 Å². The van der Waals surface area contributed by atoms with Crippen molar-refractivity contribution in [3.05, 3.63) is 198 Å². The van der Waals surface area contributed by atoms with Crippen LogP contribution in [0.5, 0.6) is 0 Å². The molecule has 3 nitrogen and oxygen atoms in total. The first kappa shape index (κ1) is 34.4. The third-order valence-corrected chi connectivity index (χ3v) is 13.6. The van der Waals surface area contributed by atoms with Crippen molar-refractivity contribution < 1.29 is 9.07 Å². The monoisotopic (exact) mass is 759 g/mol. The van der Waals surface area contributed by atoms with E-state index in [0.29, 0.717) is 6.61 Å². The van der Waals surface area contributed by atoms with Gasteiger partial charge in [-0.1, -0.05) is 143 Å². The number of anilines is 3. The Morgan fingerprint density at radius 2 is 1.10 bits per heavy atom. The Kier molecular flexibility index (Phi) is 7.26. The van der Waals surface area contributed by atoms with Crippen molar-refractivity contribution in [3.8, 4) is 33.4 Å². The molecular formula is C55H42BNO2. The summed E-state index contributed by atoms with van der Waals surface area (Å²) in [7, 11) is 0. The van der Waals surface area contributed by atoms with Crippen molar-refractivity contribution in [2.45, 2.75) is 45.1 Å². The lowest BCUT2D eigenvalue weighted by Crippen LogP contribution is -2.40. The van der Waals surface area contributed by atoms with E-state index in [0.717, 1.165) is 39.0 Å². The summed E-state index contributed by atoms with van der Waals surface area (Å²) in [6.07, 6.45) is 0. The summed E-state index contributed by atoms with van der Waals surface area (Å²) in [5.41, 5.74) is 21.3. The van der Waals surface area contributed by atoms with Crippen molar-refractivity contribution in [2.24, 2.45) is 0 Å². The van der Waals surface area contributed by atoms with Gasteiger partial charge in [-0.25, -0.2) is 0 Å². The maximum absolute atomic E-state index is 6.59. The molecule has 0 amide bonds. The van der Waals surface area contributed by atoms with Gasteiger partial charge in [0.15, 0.2) is 0 Å². The summed E-state index contributed by atoms with van der Waals surface area (Å²) in [6.45, 7) is 9.98. The van der Waals surface area contributed by atoms with Crippen LogP contribution in [0.25, 0.3) is 55.3 Å². The van der Waals surface area contributed by atoms with E-state index in [9.17, 15) is 0 Å². The SMILES string of the molecule is CC1(C)c2ccccc2-c2ccc(N(c3ccc4c(c3)oc3ccccc34)c3cc4c(cc3-c3ccc5c(c3)COB5c3ccccc3)-c3ccccc3C4(C)C)cc21. The number of hydrogen-bond acceptors (Lipinski definition) is 3. The van der Waals surface area contributed by atoms with Crippen LogP contribution in [0, 0.1) is 0 Å². The molecule has 3 aliphatic rings. The molecule has 0 fully saturated rings. The average Bonchev–Trinajstić information content (AvgIpc) is 3.98. The molecule has 2 aliphatic carbocycles. The van der Waals surface area contributed by atoms with Gasteiger partial charge in [-0.15, -0.1) is 0 Å². The van der Waals surface area contributed by atoms with Gasteiger partial charge in [0.1, 0.15) is 11.2 Å². The number of para-hydroxylation sites is 1. The maximum atomic E-state index is 6.59. The van der Waals surface area contributed by atoms with Crippen LogP contribution in [-0.4, -0.2) is 6.92 Å². The van der Waals surface area contributed by atoms with E-state index in [-0.39, 0.29) is 17.7 Å². The molecule has 282 valence electrons. The van der Waals surface area contributed by atoms with Gasteiger partial charge in [-0.3, -0.25) is 0 Å². The Bertz CT molecular complexity index is 3190. The molecular weight excluding hydrogens is 717 g/mol. The zero-order chi connectivity index (χ0) is 39.6. The molecule has 0 radical (unpaired) electrons. The molecule has 0 bridgehead atoms. The molecule has 8 aromatic carbocycles. The summed E-state index contributed by atoms with van der Waals surface area (Å²) in [4.78, 5) is 2.48. The highest BCUT2D eigenvalue weighted by atomic mass is 16.4. The zero-order valence-electron chi connectivity index (χ0n) is 33.7. The van der Waals surface area contributed by atoms with E-state index < -0.39 is 0 Å². The first-order chi connectivity index (χ1) is 28.8. The lowest BCUT2D eigenvalue weighted by atomic mass is 9.56. The quantitative estimate of drug-likeness (QED) is 0.163. The highest BCUT2D eigenvalue weighted by molar-refractivity contribution is 6.81. The van der Waals surface area contributed by atoms with Crippen LogP contribution < -0.4 is 15.8 Å². The number of benzene rings is 8. The van der Waals surface area contributed by atoms with Crippen LogP contribution in [0.1, 0.15) is 55.5 Å². The molecule has 59 heavy (non-hydrogen) atoms. The van der Waals surface area contributed by atoms with Crippen molar-refractivity contribution in [1.82, 2.24) is 0 Å². The van der Waals surface area contributed by atoms with Crippen molar-refractivity contribution in [3.63, 3.8) is 0 Å². The lowest BCUT2D eigenvalue weighted by Gasteiger charge is -2.31. The fraction of sp³-hybridized carbons (Fsp3) is 0.127. The van der Waals surface area contributed by atoms with E-state index in [1.807, 2.05) is 6.07 Å².